The molecule has 1 aromatic carbocycles. The quantitative estimate of drug-likeness (QED) is 0.439. The highest BCUT2D eigenvalue weighted by Gasteiger charge is 2.28. The van der Waals surface area contributed by atoms with Crippen LogP contribution in [-0.2, 0) is 16.0 Å². The lowest BCUT2D eigenvalue weighted by Crippen LogP contribution is -2.36. The molecule has 0 aliphatic heterocycles. The van der Waals surface area contributed by atoms with Crippen molar-refractivity contribution in [3.8, 4) is 0 Å². The van der Waals surface area contributed by atoms with Crippen LogP contribution in [0.1, 0.15) is 46.3 Å². The number of hydrogen-bond donors (Lipinski definition) is 1. The number of ether oxygens (including phenoxy) is 1. The molecule has 1 aliphatic carbocycles. The number of amides is 1. The zero-order valence-electron chi connectivity index (χ0n) is 17.4. The first-order valence-corrected chi connectivity index (χ1v) is 11.2. The molecule has 5 nitrogen and oxygen atoms in total. The van der Waals surface area contributed by atoms with Crippen LogP contribution in [0.4, 0.5) is 0 Å². The molecule has 0 spiro atoms. The van der Waals surface area contributed by atoms with Crippen molar-refractivity contribution in [2.75, 3.05) is 6.54 Å². The highest BCUT2D eigenvalue weighted by Crippen LogP contribution is 2.37. The van der Waals surface area contributed by atoms with E-state index in [1.165, 1.54) is 0 Å². The summed E-state index contributed by atoms with van der Waals surface area (Å²) < 4.78 is 5.58. The normalized spacial score (nSPS) is 15.3. The maximum Gasteiger partial charge on any atom is 0.339 e. The lowest BCUT2D eigenvalue weighted by molar-refractivity contribution is -0.128. The average Bonchev–Trinajstić information content (AvgIpc) is 3.29. The number of rotatable bonds is 6. The fourth-order valence-corrected chi connectivity index (χ4v) is 4.52. The van der Waals surface area contributed by atoms with Gasteiger partial charge in [-0.3, -0.25) is 4.79 Å². The molecule has 2 heterocycles. The Labute approximate surface area is 185 Å². The summed E-state index contributed by atoms with van der Waals surface area (Å²) in [6.45, 7) is 5.48. The first kappa shape index (κ1) is 21.0. The number of carbonyl (C=O) groups excluding carboxylic acids is 2. The van der Waals surface area contributed by atoms with Crippen LogP contribution in [0.15, 0.2) is 54.4 Å². The van der Waals surface area contributed by atoms with Crippen molar-refractivity contribution in [3.63, 3.8) is 0 Å². The van der Waals surface area contributed by atoms with E-state index in [9.17, 15) is 9.59 Å². The number of thiophene rings is 1. The second-order valence-electron chi connectivity index (χ2n) is 7.45. The van der Waals surface area contributed by atoms with Crippen LogP contribution in [0.2, 0.25) is 0 Å². The molecule has 4 rings (SSSR count). The highest BCUT2D eigenvalue weighted by molar-refractivity contribution is 7.10. The number of carbonyl (C=O) groups is 2. The fourth-order valence-electron chi connectivity index (χ4n) is 3.84. The van der Waals surface area contributed by atoms with Crippen LogP contribution >= 0.6 is 11.3 Å². The number of aromatic nitrogens is 1. The fraction of sp³-hybridized carbons (Fsp3) is 0.240. The van der Waals surface area contributed by atoms with Gasteiger partial charge in [0.25, 0.3) is 5.91 Å². The van der Waals surface area contributed by atoms with Crippen LogP contribution < -0.4 is 5.32 Å². The summed E-state index contributed by atoms with van der Waals surface area (Å²) in [7, 11) is 0. The van der Waals surface area contributed by atoms with E-state index >= 15 is 0 Å². The molecule has 0 radical (unpaired) electrons. The topological polar surface area (TPSA) is 68.3 Å². The zero-order valence-corrected chi connectivity index (χ0v) is 18.2. The van der Waals surface area contributed by atoms with Crippen molar-refractivity contribution in [1.29, 1.82) is 0 Å². The minimum atomic E-state index is -0.903. The van der Waals surface area contributed by atoms with E-state index in [1.54, 1.807) is 24.3 Å². The third-order valence-electron chi connectivity index (χ3n) is 5.31. The monoisotopic (exact) mass is 432 g/mol. The smallest absolute Gasteiger partial charge is 0.339 e. The number of nitrogens with one attached hydrogen (secondary N) is 1. The number of hydrogen-bond acceptors (Lipinski definition) is 5. The Morgan fingerprint density at radius 1 is 1.26 bits per heavy atom. The van der Waals surface area contributed by atoms with Gasteiger partial charge < -0.3 is 10.1 Å². The van der Waals surface area contributed by atoms with E-state index in [0.29, 0.717) is 12.1 Å². The number of pyridine rings is 1. The lowest BCUT2D eigenvalue weighted by Gasteiger charge is -2.23. The predicted octanol–water partition coefficient (Wildman–Crippen LogP) is 5.02. The van der Waals surface area contributed by atoms with E-state index in [0.717, 1.165) is 51.9 Å². The molecular weight excluding hydrogens is 408 g/mol. The summed E-state index contributed by atoms with van der Waals surface area (Å²) in [6.07, 6.45) is 5.42. The summed E-state index contributed by atoms with van der Waals surface area (Å²) >= 11 is 1.68. The molecule has 0 saturated heterocycles. The Balaban J connectivity index is 1.77. The summed E-state index contributed by atoms with van der Waals surface area (Å²) in [5.74, 6) is -0.841. The number of esters is 1. The highest BCUT2D eigenvalue weighted by atomic mass is 32.1. The molecule has 0 fully saturated rings. The van der Waals surface area contributed by atoms with Gasteiger partial charge in [-0.05, 0) is 60.9 Å². The molecule has 2 aromatic heterocycles. The Morgan fingerprint density at radius 3 is 2.87 bits per heavy atom. The van der Waals surface area contributed by atoms with Crippen LogP contribution in [0.25, 0.3) is 22.6 Å². The average molecular weight is 433 g/mol. The van der Waals surface area contributed by atoms with Crippen molar-refractivity contribution >= 4 is 45.8 Å². The predicted molar refractivity (Wildman–Crippen MR) is 125 cm³/mol. The van der Waals surface area contributed by atoms with Crippen molar-refractivity contribution in [2.24, 2.45) is 0 Å². The van der Waals surface area contributed by atoms with Gasteiger partial charge in [0, 0.05) is 16.8 Å². The molecule has 1 unspecified atom stereocenters. The molecule has 6 heteroatoms. The molecule has 1 N–H and O–H groups in total. The molecule has 1 aliphatic rings. The second kappa shape index (κ2) is 9.27. The van der Waals surface area contributed by atoms with Gasteiger partial charge in [0.15, 0.2) is 6.10 Å². The third kappa shape index (κ3) is 4.44. The van der Waals surface area contributed by atoms with Gasteiger partial charge in [-0.25, -0.2) is 9.78 Å². The first-order valence-electron chi connectivity index (χ1n) is 10.3. The van der Waals surface area contributed by atoms with Crippen molar-refractivity contribution < 1.29 is 14.3 Å². The Hall–Kier alpha value is -3.25. The van der Waals surface area contributed by atoms with Crippen molar-refractivity contribution in [1.82, 2.24) is 10.3 Å². The van der Waals surface area contributed by atoms with E-state index in [1.807, 2.05) is 35.7 Å². The largest absolute Gasteiger partial charge is 0.449 e. The van der Waals surface area contributed by atoms with Crippen molar-refractivity contribution in [2.45, 2.75) is 32.3 Å². The third-order valence-corrected chi connectivity index (χ3v) is 6.13. The molecular formula is C25H24N2O3S. The summed E-state index contributed by atoms with van der Waals surface area (Å²) in [4.78, 5) is 31.5. The summed E-state index contributed by atoms with van der Waals surface area (Å²) in [6, 6.07) is 11.7. The van der Waals surface area contributed by atoms with E-state index < -0.39 is 12.1 Å². The SMILES string of the molecule is C=CCNC(=O)C(C)OC(=O)c1c2c(nc3ccccc13)C(=Cc1cccs1)CCC2. The molecule has 3 aromatic rings. The van der Waals surface area contributed by atoms with Gasteiger partial charge in [-0.1, -0.05) is 30.3 Å². The first-order chi connectivity index (χ1) is 15.1. The van der Waals surface area contributed by atoms with Gasteiger partial charge >= 0.3 is 5.97 Å². The van der Waals surface area contributed by atoms with Gasteiger partial charge in [-0.2, -0.15) is 0 Å². The Morgan fingerprint density at radius 2 is 2.10 bits per heavy atom. The standard InChI is InChI=1S/C25H24N2O3S/c1-3-13-26-24(28)16(2)30-25(29)22-19-10-4-5-12-21(19)27-23-17(8-6-11-20(22)23)15-18-9-7-14-31-18/h3-5,7,9-10,12,14-16H,1,6,8,11,13H2,2H3,(H,26,28). The maximum atomic E-state index is 13.3. The number of allylic oxidation sites excluding steroid dienone is 1. The lowest BCUT2D eigenvalue weighted by atomic mass is 9.86. The van der Waals surface area contributed by atoms with E-state index in [2.05, 4.69) is 24.0 Å². The van der Waals surface area contributed by atoms with Crippen molar-refractivity contribution in [3.05, 3.63) is 76.1 Å². The minimum absolute atomic E-state index is 0.325. The molecule has 1 atom stereocenters. The molecule has 31 heavy (non-hydrogen) atoms. The number of nitrogens with zero attached hydrogens (tertiary/aromatic N) is 1. The van der Waals surface area contributed by atoms with Gasteiger partial charge in [0.05, 0.1) is 16.8 Å². The number of para-hydroxylation sites is 1. The number of benzene rings is 1. The molecule has 158 valence electrons. The summed E-state index contributed by atoms with van der Waals surface area (Å²) in [5, 5.41) is 5.47. The van der Waals surface area contributed by atoms with Crippen LogP contribution in [0.5, 0.6) is 0 Å². The summed E-state index contributed by atoms with van der Waals surface area (Å²) in [5.41, 5.74) is 4.14. The van der Waals surface area contributed by atoms with E-state index in [4.69, 9.17) is 9.72 Å². The van der Waals surface area contributed by atoms with Gasteiger partial charge in [0.2, 0.25) is 0 Å². The molecule has 1 amide bonds. The van der Waals surface area contributed by atoms with Gasteiger partial charge in [-0.15, -0.1) is 17.9 Å². The number of fused-ring (bicyclic) bond motifs is 2. The van der Waals surface area contributed by atoms with Gasteiger partial charge in [0.1, 0.15) is 0 Å². The maximum absolute atomic E-state index is 13.3. The van der Waals surface area contributed by atoms with Crippen LogP contribution in [0.3, 0.4) is 0 Å². The Kier molecular flexibility index (Phi) is 6.28. The zero-order chi connectivity index (χ0) is 21.8. The molecule has 0 bridgehead atoms. The van der Waals surface area contributed by atoms with E-state index in [-0.39, 0.29) is 5.91 Å². The second-order valence-corrected chi connectivity index (χ2v) is 8.43. The van der Waals surface area contributed by atoms with Crippen LogP contribution in [-0.4, -0.2) is 29.5 Å². The van der Waals surface area contributed by atoms with Crippen LogP contribution in [0, 0.1) is 0 Å². The molecule has 0 saturated carbocycles. The minimum Gasteiger partial charge on any atom is -0.449 e. The Bertz CT molecular complexity index is 1160.